The lowest BCUT2D eigenvalue weighted by Crippen LogP contribution is -2.22. The summed E-state index contributed by atoms with van der Waals surface area (Å²) in [5.74, 6) is -0.657. The Bertz CT molecular complexity index is 621. The Labute approximate surface area is 116 Å². The van der Waals surface area contributed by atoms with Crippen molar-refractivity contribution in [2.45, 2.75) is 13.0 Å². The number of hydrogen-bond acceptors (Lipinski definition) is 4. The predicted octanol–water partition coefficient (Wildman–Crippen LogP) is 1.90. The van der Waals surface area contributed by atoms with E-state index in [1.54, 1.807) is 6.20 Å². The molecule has 19 heavy (non-hydrogen) atoms. The van der Waals surface area contributed by atoms with Gasteiger partial charge in [0.2, 0.25) is 5.91 Å². The maximum absolute atomic E-state index is 11.5. The summed E-state index contributed by atoms with van der Waals surface area (Å²) in [6, 6.07) is 6.41. The van der Waals surface area contributed by atoms with Crippen LogP contribution in [0.2, 0.25) is 0 Å². The molecule has 1 atom stereocenters. The van der Waals surface area contributed by atoms with Crippen LogP contribution in [0.15, 0.2) is 30.5 Å². The predicted molar refractivity (Wildman–Crippen MR) is 74.4 cm³/mol. The third kappa shape index (κ3) is 2.62. The number of methoxy groups -OCH3 is 1. The Balaban J connectivity index is 0.00000180. The standard InChI is InChI=1S/C13H14N2O3.ClH/c1-8(16)15-7-10(12(14)13(17)18-2)9-5-3-4-6-11(9)15;/h3-7,12H,14H2,1-2H3;1H/t12-;/m0./s1. The second-order valence-corrected chi connectivity index (χ2v) is 3.99. The van der Waals surface area contributed by atoms with Crippen molar-refractivity contribution in [2.24, 2.45) is 5.73 Å². The summed E-state index contributed by atoms with van der Waals surface area (Å²) >= 11 is 0. The summed E-state index contributed by atoms with van der Waals surface area (Å²) in [6.07, 6.45) is 1.59. The zero-order chi connectivity index (χ0) is 13.3. The maximum atomic E-state index is 11.5. The third-order valence-electron chi connectivity index (χ3n) is 2.87. The number of halogens is 1. The summed E-state index contributed by atoms with van der Waals surface area (Å²) in [4.78, 5) is 23.0. The molecule has 0 amide bonds. The van der Waals surface area contributed by atoms with Crippen LogP contribution in [0.3, 0.4) is 0 Å². The molecule has 1 heterocycles. The van der Waals surface area contributed by atoms with Gasteiger partial charge in [-0.15, -0.1) is 12.4 Å². The Kier molecular flexibility index (Phi) is 4.69. The summed E-state index contributed by atoms with van der Waals surface area (Å²) in [5.41, 5.74) is 7.16. The van der Waals surface area contributed by atoms with Gasteiger partial charge in [0, 0.05) is 24.1 Å². The highest BCUT2D eigenvalue weighted by Crippen LogP contribution is 2.26. The van der Waals surface area contributed by atoms with Crippen LogP contribution in [0.25, 0.3) is 10.9 Å². The molecule has 6 heteroatoms. The normalized spacial score (nSPS) is 11.7. The van der Waals surface area contributed by atoms with E-state index in [-0.39, 0.29) is 18.3 Å². The lowest BCUT2D eigenvalue weighted by molar-refractivity contribution is -0.142. The van der Waals surface area contributed by atoms with Gasteiger partial charge in [-0.3, -0.25) is 14.2 Å². The molecule has 1 aromatic carbocycles. The van der Waals surface area contributed by atoms with Crippen LogP contribution in [0, 0.1) is 0 Å². The van der Waals surface area contributed by atoms with Crippen LogP contribution in [-0.2, 0) is 9.53 Å². The molecular formula is C13H15ClN2O3. The summed E-state index contributed by atoms with van der Waals surface area (Å²) < 4.78 is 6.11. The van der Waals surface area contributed by atoms with Crippen LogP contribution in [-0.4, -0.2) is 23.6 Å². The molecule has 0 bridgehead atoms. The number of rotatable bonds is 2. The minimum absolute atomic E-state index is 0. The number of carbonyl (C=O) groups excluding carboxylic acids is 2. The quantitative estimate of drug-likeness (QED) is 0.854. The molecule has 0 aliphatic rings. The van der Waals surface area contributed by atoms with E-state index in [4.69, 9.17) is 5.73 Å². The van der Waals surface area contributed by atoms with Gasteiger partial charge in [-0.25, -0.2) is 0 Å². The Morgan fingerprint density at radius 1 is 1.32 bits per heavy atom. The van der Waals surface area contributed by atoms with E-state index in [1.807, 2.05) is 24.3 Å². The minimum Gasteiger partial charge on any atom is -0.468 e. The lowest BCUT2D eigenvalue weighted by atomic mass is 10.1. The number of para-hydroxylation sites is 1. The molecule has 0 aliphatic heterocycles. The van der Waals surface area contributed by atoms with E-state index >= 15 is 0 Å². The fourth-order valence-electron chi connectivity index (χ4n) is 1.97. The first-order chi connectivity index (χ1) is 8.56. The Morgan fingerprint density at radius 2 is 1.95 bits per heavy atom. The zero-order valence-electron chi connectivity index (χ0n) is 10.6. The smallest absolute Gasteiger partial charge is 0.327 e. The molecule has 0 radical (unpaired) electrons. The third-order valence-corrected chi connectivity index (χ3v) is 2.87. The number of esters is 1. The highest BCUT2D eigenvalue weighted by atomic mass is 35.5. The number of hydrogen-bond donors (Lipinski definition) is 1. The Hall–Kier alpha value is -1.85. The molecule has 0 unspecified atom stereocenters. The number of aromatic nitrogens is 1. The molecule has 0 saturated carbocycles. The van der Waals surface area contributed by atoms with Crippen molar-refractivity contribution < 1.29 is 14.3 Å². The number of carbonyl (C=O) groups is 2. The van der Waals surface area contributed by atoms with Crippen LogP contribution >= 0.6 is 12.4 Å². The van der Waals surface area contributed by atoms with Crippen LogP contribution < -0.4 is 5.73 Å². The van der Waals surface area contributed by atoms with Crippen molar-refractivity contribution in [1.82, 2.24) is 4.57 Å². The van der Waals surface area contributed by atoms with Gasteiger partial charge < -0.3 is 10.5 Å². The fraction of sp³-hybridized carbons (Fsp3) is 0.231. The minimum atomic E-state index is -0.888. The van der Waals surface area contributed by atoms with Gasteiger partial charge >= 0.3 is 5.97 Å². The number of nitrogens with zero attached hydrogens (tertiary/aromatic N) is 1. The maximum Gasteiger partial charge on any atom is 0.327 e. The number of nitrogens with two attached hydrogens (primary N) is 1. The molecule has 1 aromatic heterocycles. The highest BCUT2D eigenvalue weighted by Gasteiger charge is 2.22. The topological polar surface area (TPSA) is 74.3 Å². The van der Waals surface area contributed by atoms with Crippen molar-refractivity contribution in [1.29, 1.82) is 0 Å². The second kappa shape index (κ2) is 5.86. The van der Waals surface area contributed by atoms with Crippen molar-refractivity contribution in [3.8, 4) is 0 Å². The number of fused-ring (bicyclic) bond motifs is 1. The van der Waals surface area contributed by atoms with Gasteiger partial charge in [0.15, 0.2) is 0 Å². The summed E-state index contributed by atoms with van der Waals surface area (Å²) in [6.45, 7) is 1.46. The first kappa shape index (κ1) is 15.2. The second-order valence-electron chi connectivity index (χ2n) is 3.99. The van der Waals surface area contributed by atoms with E-state index in [2.05, 4.69) is 4.74 Å². The first-order valence-electron chi connectivity index (χ1n) is 5.50. The van der Waals surface area contributed by atoms with Crippen LogP contribution in [0.4, 0.5) is 0 Å². The van der Waals surface area contributed by atoms with E-state index in [0.717, 1.165) is 10.9 Å². The highest BCUT2D eigenvalue weighted by molar-refractivity contribution is 5.96. The fourth-order valence-corrected chi connectivity index (χ4v) is 1.97. The molecule has 102 valence electrons. The molecule has 0 fully saturated rings. The average Bonchev–Trinajstić information content (AvgIpc) is 2.76. The van der Waals surface area contributed by atoms with Gasteiger partial charge in [0.05, 0.1) is 12.6 Å². The molecule has 0 aliphatic carbocycles. The van der Waals surface area contributed by atoms with Gasteiger partial charge in [0.25, 0.3) is 0 Å². The van der Waals surface area contributed by atoms with E-state index < -0.39 is 12.0 Å². The monoisotopic (exact) mass is 282 g/mol. The molecule has 0 spiro atoms. The summed E-state index contributed by atoms with van der Waals surface area (Å²) in [5, 5.41) is 0.783. The van der Waals surface area contributed by atoms with Gasteiger partial charge in [-0.2, -0.15) is 0 Å². The van der Waals surface area contributed by atoms with Gasteiger partial charge in [-0.1, -0.05) is 18.2 Å². The van der Waals surface area contributed by atoms with Gasteiger partial charge in [-0.05, 0) is 6.07 Å². The van der Waals surface area contributed by atoms with E-state index in [0.29, 0.717) is 5.56 Å². The van der Waals surface area contributed by atoms with Crippen molar-refractivity contribution in [2.75, 3.05) is 7.11 Å². The Morgan fingerprint density at radius 3 is 2.53 bits per heavy atom. The average molecular weight is 283 g/mol. The van der Waals surface area contributed by atoms with Gasteiger partial charge in [0.1, 0.15) is 6.04 Å². The van der Waals surface area contributed by atoms with Crippen LogP contribution in [0.5, 0.6) is 0 Å². The molecular weight excluding hydrogens is 268 g/mol. The molecule has 2 N–H and O–H groups in total. The van der Waals surface area contributed by atoms with Crippen molar-refractivity contribution in [3.63, 3.8) is 0 Å². The zero-order valence-corrected chi connectivity index (χ0v) is 11.4. The van der Waals surface area contributed by atoms with E-state index in [1.165, 1.54) is 18.6 Å². The largest absolute Gasteiger partial charge is 0.468 e. The van der Waals surface area contributed by atoms with Crippen molar-refractivity contribution >= 4 is 35.2 Å². The van der Waals surface area contributed by atoms with Crippen molar-refractivity contribution in [3.05, 3.63) is 36.0 Å². The molecule has 0 saturated heterocycles. The molecule has 2 aromatic rings. The SMILES string of the molecule is COC(=O)[C@@H](N)c1cn(C(C)=O)c2ccccc12.Cl. The van der Waals surface area contributed by atoms with E-state index in [9.17, 15) is 9.59 Å². The van der Waals surface area contributed by atoms with Crippen LogP contribution in [0.1, 0.15) is 23.3 Å². The summed E-state index contributed by atoms with van der Waals surface area (Å²) in [7, 11) is 1.28. The molecule has 5 nitrogen and oxygen atoms in total. The molecule has 2 rings (SSSR count). The lowest BCUT2D eigenvalue weighted by Gasteiger charge is -2.07. The first-order valence-corrected chi connectivity index (χ1v) is 5.50. The number of benzene rings is 1. The number of ether oxygens (including phenoxy) is 1.